The zero-order valence-corrected chi connectivity index (χ0v) is 11.8. The number of carbonyl (C=O) groups is 1. The lowest BCUT2D eigenvalue weighted by atomic mass is 10.3. The van der Waals surface area contributed by atoms with Crippen molar-refractivity contribution in [3.05, 3.63) is 6.20 Å². The lowest BCUT2D eigenvalue weighted by molar-refractivity contribution is -0.114. The Hall–Kier alpha value is -1.03. The van der Waals surface area contributed by atoms with E-state index in [2.05, 4.69) is 10.3 Å². The minimum atomic E-state index is -3.53. The average Bonchev–Trinajstić information content (AvgIpc) is 3.02. The molecule has 0 spiro atoms. The number of nitrogens with one attached hydrogen (secondary N) is 1. The number of fused-ring (bicyclic) bond motifs is 2. The van der Waals surface area contributed by atoms with E-state index in [4.69, 9.17) is 4.74 Å². The van der Waals surface area contributed by atoms with E-state index < -0.39 is 10.0 Å². The number of amides is 1. The number of sulfonamides is 1. The summed E-state index contributed by atoms with van der Waals surface area (Å²) < 4.78 is 31.9. The van der Waals surface area contributed by atoms with Crippen LogP contribution >= 0.6 is 11.3 Å². The number of hydrogen-bond donors (Lipinski definition) is 1. The Morgan fingerprint density at radius 3 is 3.00 bits per heavy atom. The van der Waals surface area contributed by atoms with Crippen LogP contribution in [0.15, 0.2) is 10.4 Å². The Morgan fingerprint density at radius 2 is 2.42 bits per heavy atom. The fourth-order valence-corrected chi connectivity index (χ4v) is 5.22. The Morgan fingerprint density at radius 1 is 1.63 bits per heavy atom. The molecule has 0 aliphatic carbocycles. The number of hydrogen-bond acceptors (Lipinski definition) is 6. The number of carbonyl (C=O) groups excluding carboxylic acids is 1. The number of anilines is 1. The van der Waals surface area contributed by atoms with Gasteiger partial charge in [0.2, 0.25) is 5.91 Å². The molecule has 2 aliphatic heterocycles. The first kappa shape index (κ1) is 13.0. The Labute approximate surface area is 114 Å². The average molecular weight is 303 g/mol. The quantitative estimate of drug-likeness (QED) is 0.865. The SMILES string of the molecule is CC(=O)Nc1ncc(S(=O)(=O)N2C[C@H]3C[C@H]2CO3)s1. The van der Waals surface area contributed by atoms with E-state index in [1.807, 2.05) is 0 Å². The molecule has 104 valence electrons. The van der Waals surface area contributed by atoms with Crippen molar-refractivity contribution < 1.29 is 17.9 Å². The smallest absolute Gasteiger partial charge is 0.254 e. The monoisotopic (exact) mass is 303 g/mol. The van der Waals surface area contributed by atoms with E-state index in [-0.39, 0.29) is 22.3 Å². The molecule has 1 aromatic rings. The highest BCUT2D eigenvalue weighted by Crippen LogP contribution is 2.35. The Balaban J connectivity index is 1.84. The summed E-state index contributed by atoms with van der Waals surface area (Å²) in [5.74, 6) is -0.271. The normalized spacial score (nSPS) is 26.8. The van der Waals surface area contributed by atoms with E-state index in [1.54, 1.807) is 0 Å². The lowest BCUT2D eigenvalue weighted by Crippen LogP contribution is -2.41. The standard InChI is InChI=1S/C10H13N3O4S2/c1-6(14)12-10-11-3-9(18-10)19(15,16)13-4-8-2-7(13)5-17-8/h3,7-8H,2,4-5H2,1H3,(H,11,12,14)/t7-,8+/m0/s1. The third-order valence-electron chi connectivity index (χ3n) is 3.18. The number of ether oxygens (including phenoxy) is 1. The predicted octanol–water partition coefficient (Wildman–Crippen LogP) is 0.263. The van der Waals surface area contributed by atoms with E-state index in [9.17, 15) is 13.2 Å². The predicted molar refractivity (Wildman–Crippen MR) is 68.5 cm³/mol. The maximum Gasteiger partial charge on any atom is 0.254 e. The fraction of sp³-hybridized carbons (Fsp3) is 0.600. The maximum atomic E-state index is 12.5. The summed E-state index contributed by atoms with van der Waals surface area (Å²) in [5, 5.41) is 2.78. The molecule has 2 saturated heterocycles. The third kappa shape index (κ3) is 2.27. The second kappa shape index (κ2) is 4.51. The van der Waals surface area contributed by atoms with Crippen molar-refractivity contribution in [2.45, 2.75) is 29.7 Å². The van der Waals surface area contributed by atoms with Gasteiger partial charge in [-0.25, -0.2) is 13.4 Å². The molecule has 2 atom stereocenters. The van der Waals surface area contributed by atoms with E-state index in [0.29, 0.717) is 18.3 Å². The molecule has 0 radical (unpaired) electrons. The molecule has 3 heterocycles. The molecule has 19 heavy (non-hydrogen) atoms. The molecule has 3 rings (SSSR count). The van der Waals surface area contributed by atoms with Crippen LogP contribution in [0.3, 0.4) is 0 Å². The first-order valence-electron chi connectivity index (χ1n) is 5.83. The largest absolute Gasteiger partial charge is 0.375 e. The second-order valence-corrected chi connectivity index (χ2v) is 7.73. The minimum absolute atomic E-state index is 0.0162. The second-order valence-electron chi connectivity index (χ2n) is 4.59. The van der Waals surface area contributed by atoms with Gasteiger partial charge in [0.15, 0.2) is 9.34 Å². The van der Waals surface area contributed by atoms with Crippen molar-refractivity contribution in [3.63, 3.8) is 0 Å². The molecule has 1 amide bonds. The highest BCUT2D eigenvalue weighted by molar-refractivity contribution is 7.91. The number of rotatable bonds is 3. The molecule has 9 heteroatoms. The molecule has 2 aliphatic rings. The molecule has 0 saturated carbocycles. The molecule has 0 unspecified atom stereocenters. The maximum absolute atomic E-state index is 12.5. The number of aromatic nitrogens is 1. The number of thiazole rings is 1. The van der Waals surface area contributed by atoms with Crippen molar-refractivity contribution in [1.82, 2.24) is 9.29 Å². The van der Waals surface area contributed by atoms with Gasteiger partial charge >= 0.3 is 0 Å². The van der Waals surface area contributed by atoms with Gasteiger partial charge in [-0.1, -0.05) is 11.3 Å². The van der Waals surface area contributed by atoms with Crippen molar-refractivity contribution in [2.75, 3.05) is 18.5 Å². The van der Waals surface area contributed by atoms with Crippen LogP contribution in [-0.4, -0.2) is 48.9 Å². The summed E-state index contributed by atoms with van der Waals surface area (Å²) in [6, 6.07) is -0.0682. The molecule has 1 N–H and O–H groups in total. The van der Waals surface area contributed by atoms with E-state index in [0.717, 1.165) is 17.8 Å². The lowest BCUT2D eigenvalue weighted by Gasteiger charge is -2.25. The van der Waals surface area contributed by atoms with Gasteiger partial charge in [0, 0.05) is 13.5 Å². The summed E-state index contributed by atoms with van der Waals surface area (Å²) in [6.07, 6.45) is 2.07. The van der Waals surface area contributed by atoms with E-state index in [1.165, 1.54) is 17.4 Å². The molecule has 7 nitrogen and oxygen atoms in total. The Bertz CT molecular complexity index is 612. The third-order valence-corrected chi connectivity index (χ3v) is 6.45. The summed E-state index contributed by atoms with van der Waals surface area (Å²) in [4.78, 5) is 14.8. The van der Waals surface area contributed by atoms with Gasteiger partial charge in [-0.15, -0.1) is 0 Å². The van der Waals surface area contributed by atoms with Crippen molar-refractivity contribution in [1.29, 1.82) is 0 Å². The number of morpholine rings is 1. The molecule has 1 aromatic heterocycles. The topological polar surface area (TPSA) is 88.6 Å². The number of nitrogens with zero attached hydrogens (tertiary/aromatic N) is 2. The van der Waals surface area contributed by atoms with Crippen LogP contribution in [0.25, 0.3) is 0 Å². The van der Waals surface area contributed by atoms with Gasteiger partial charge in [-0.05, 0) is 6.42 Å². The van der Waals surface area contributed by atoms with E-state index >= 15 is 0 Å². The summed E-state index contributed by atoms with van der Waals surface area (Å²) in [5.41, 5.74) is 0. The molecule has 2 fully saturated rings. The molecular weight excluding hydrogens is 290 g/mol. The highest BCUT2D eigenvalue weighted by Gasteiger charge is 2.45. The highest BCUT2D eigenvalue weighted by atomic mass is 32.2. The van der Waals surface area contributed by atoms with Crippen molar-refractivity contribution in [3.8, 4) is 0 Å². The Kier molecular flexibility index (Phi) is 3.08. The zero-order valence-electron chi connectivity index (χ0n) is 10.2. The van der Waals surface area contributed by atoms with Crippen molar-refractivity contribution in [2.24, 2.45) is 0 Å². The first-order valence-corrected chi connectivity index (χ1v) is 8.09. The van der Waals surface area contributed by atoms with Gasteiger partial charge < -0.3 is 10.1 Å². The molecule has 0 aromatic carbocycles. The fourth-order valence-electron chi connectivity index (χ4n) is 2.36. The van der Waals surface area contributed by atoms with Crippen LogP contribution < -0.4 is 5.32 Å². The van der Waals surface area contributed by atoms with Crippen LogP contribution in [0.5, 0.6) is 0 Å². The van der Waals surface area contributed by atoms with Gasteiger partial charge in [-0.3, -0.25) is 4.79 Å². The first-order chi connectivity index (χ1) is 8.96. The summed E-state index contributed by atoms with van der Waals surface area (Å²) in [6.45, 7) is 2.22. The van der Waals surface area contributed by atoms with Crippen molar-refractivity contribution >= 4 is 32.4 Å². The van der Waals surface area contributed by atoms with Gasteiger partial charge in [0.25, 0.3) is 10.0 Å². The summed E-state index contributed by atoms with van der Waals surface area (Å²) >= 11 is 0.969. The summed E-state index contributed by atoms with van der Waals surface area (Å²) in [7, 11) is -3.53. The van der Waals surface area contributed by atoms with Crippen LogP contribution in [0, 0.1) is 0 Å². The zero-order chi connectivity index (χ0) is 13.6. The van der Waals surface area contributed by atoms with Crippen LogP contribution in [0.1, 0.15) is 13.3 Å². The minimum Gasteiger partial charge on any atom is -0.375 e. The van der Waals surface area contributed by atoms with Gasteiger partial charge in [0.1, 0.15) is 0 Å². The molecule has 2 bridgehead atoms. The van der Waals surface area contributed by atoms with Gasteiger partial charge in [0.05, 0.1) is 24.9 Å². The van der Waals surface area contributed by atoms with Crippen LogP contribution in [0.4, 0.5) is 5.13 Å². The van der Waals surface area contributed by atoms with Crippen LogP contribution in [-0.2, 0) is 19.6 Å². The molecular formula is C10H13N3O4S2. The van der Waals surface area contributed by atoms with Crippen LogP contribution in [0.2, 0.25) is 0 Å². The van der Waals surface area contributed by atoms with Gasteiger partial charge in [-0.2, -0.15) is 4.31 Å².